The van der Waals surface area contributed by atoms with Gasteiger partial charge in [0.25, 0.3) is 8.32 Å². The molecule has 0 amide bonds. The first-order chi connectivity index (χ1) is 11.7. The molecule has 0 heterocycles. The van der Waals surface area contributed by atoms with Gasteiger partial charge in [-0.3, -0.25) is 0 Å². The highest BCUT2D eigenvalue weighted by molar-refractivity contribution is 6.99. The van der Waals surface area contributed by atoms with E-state index in [1.165, 1.54) is 10.4 Å². The van der Waals surface area contributed by atoms with Crippen LogP contribution in [-0.4, -0.2) is 25.6 Å². The molecule has 1 atom stereocenters. The van der Waals surface area contributed by atoms with Gasteiger partial charge in [-0.05, 0) is 22.3 Å². The molecule has 3 heteroatoms. The predicted molar refractivity (Wildman–Crippen MR) is 108 cm³/mol. The van der Waals surface area contributed by atoms with E-state index in [0.29, 0.717) is 0 Å². The Morgan fingerprint density at radius 1 is 0.920 bits per heavy atom. The highest BCUT2D eigenvalue weighted by Crippen LogP contribution is 2.37. The van der Waals surface area contributed by atoms with E-state index in [2.05, 4.69) is 75.2 Å². The third-order valence-electron chi connectivity index (χ3n) is 4.50. The summed E-state index contributed by atoms with van der Waals surface area (Å²) in [7, 11) is -2.62. The van der Waals surface area contributed by atoms with E-state index >= 15 is 0 Å². The van der Waals surface area contributed by atoms with E-state index < -0.39 is 13.9 Å². The van der Waals surface area contributed by atoms with Crippen molar-refractivity contribution in [1.82, 2.24) is 0 Å². The molecule has 132 valence electrons. The summed E-state index contributed by atoms with van der Waals surface area (Å²) in [6.45, 7) is 8.61. The molecule has 0 saturated heterocycles. The fraction of sp³-hybridized carbons (Fsp3) is 0.364. The minimum atomic E-state index is -2.62. The van der Waals surface area contributed by atoms with Crippen LogP contribution in [0.2, 0.25) is 5.04 Å². The Labute approximate surface area is 153 Å². The van der Waals surface area contributed by atoms with Gasteiger partial charge in [0.15, 0.2) is 0 Å². The first-order valence-electron chi connectivity index (χ1n) is 8.64. The molecule has 0 saturated carbocycles. The number of hydrogen-bond acceptors (Lipinski definition) is 2. The largest absolute Gasteiger partial charge is 0.404 e. The van der Waals surface area contributed by atoms with Gasteiger partial charge in [0.1, 0.15) is 0 Å². The maximum atomic E-state index is 10.6. The summed E-state index contributed by atoms with van der Waals surface area (Å²) in [6, 6.07) is 20.8. The number of benzene rings is 2. The Hall–Kier alpha value is -1.86. The second kappa shape index (κ2) is 7.57. The van der Waals surface area contributed by atoms with Crippen molar-refractivity contribution in [3.63, 3.8) is 0 Å². The van der Waals surface area contributed by atoms with Crippen molar-refractivity contribution in [1.29, 1.82) is 0 Å². The van der Waals surface area contributed by atoms with Crippen LogP contribution in [0, 0.1) is 12.3 Å². The first-order valence-corrected chi connectivity index (χ1v) is 10.5. The molecule has 0 bridgehead atoms. The summed E-state index contributed by atoms with van der Waals surface area (Å²) in [5.74, 6) is 2.55. The SMILES string of the molecule is C#CC[C@@](C)(O)CO[Si](c1ccccc1)(c1ccccc1)C(C)(C)C. The van der Waals surface area contributed by atoms with E-state index in [9.17, 15) is 5.11 Å². The molecule has 0 fully saturated rings. The Bertz CT molecular complexity index is 670. The summed E-state index contributed by atoms with van der Waals surface area (Å²) in [5, 5.41) is 12.9. The molecule has 0 aromatic heterocycles. The molecule has 2 aromatic rings. The summed E-state index contributed by atoms with van der Waals surface area (Å²) in [4.78, 5) is 0. The number of hydrogen-bond donors (Lipinski definition) is 1. The molecule has 2 rings (SSSR count). The van der Waals surface area contributed by atoms with Gasteiger partial charge < -0.3 is 9.53 Å². The second-order valence-electron chi connectivity index (χ2n) is 7.83. The molecule has 1 N–H and O–H groups in total. The third-order valence-corrected chi connectivity index (χ3v) is 9.48. The Morgan fingerprint density at radius 3 is 1.72 bits per heavy atom. The Kier molecular flexibility index (Phi) is 5.90. The van der Waals surface area contributed by atoms with Crippen LogP contribution in [0.15, 0.2) is 60.7 Å². The van der Waals surface area contributed by atoms with Crippen LogP contribution in [-0.2, 0) is 4.43 Å². The quantitative estimate of drug-likeness (QED) is 0.638. The van der Waals surface area contributed by atoms with Gasteiger partial charge >= 0.3 is 0 Å². The van der Waals surface area contributed by atoms with Crippen molar-refractivity contribution in [2.75, 3.05) is 6.61 Å². The molecule has 0 aliphatic carbocycles. The fourth-order valence-corrected chi connectivity index (χ4v) is 7.98. The third kappa shape index (κ3) is 4.22. The lowest BCUT2D eigenvalue weighted by Crippen LogP contribution is -2.67. The summed E-state index contributed by atoms with van der Waals surface area (Å²) >= 11 is 0. The van der Waals surface area contributed by atoms with Crippen LogP contribution in [0.25, 0.3) is 0 Å². The normalized spacial score (nSPS) is 14.6. The minimum absolute atomic E-state index is 0.109. The lowest BCUT2D eigenvalue weighted by molar-refractivity contribution is 0.0126. The smallest absolute Gasteiger partial charge is 0.261 e. The Balaban J connectivity index is 2.59. The van der Waals surface area contributed by atoms with Crippen molar-refractivity contribution in [3.8, 4) is 12.3 Å². The van der Waals surface area contributed by atoms with Crippen molar-refractivity contribution >= 4 is 18.7 Å². The van der Waals surface area contributed by atoms with Gasteiger partial charge in [0.2, 0.25) is 0 Å². The highest BCUT2D eigenvalue weighted by Gasteiger charge is 2.50. The van der Waals surface area contributed by atoms with Gasteiger partial charge in [-0.25, -0.2) is 0 Å². The molecule has 0 radical (unpaired) electrons. The van der Waals surface area contributed by atoms with Crippen molar-refractivity contribution in [2.45, 2.75) is 44.8 Å². The van der Waals surface area contributed by atoms with Crippen LogP contribution < -0.4 is 10.4 Å². The van der Waals surface area contributed by atoms with E-state index in [-0.39, 0.29) is 18.1 Å². The highest BCUT2D eigenvalue weighted by atomic mass is 28.4. The first kappa shape index (κ1) is 19.5. The van der Waals surface area contributed by atoms with Gasteiger partial charge in [0.05, 0.1) is 12.2 Å². The van der Waals surface area contributed by atoms with Gasteiger partial charge in [-0.1, -0.05) is 81.4 Å². The van der Waals surface area contributed by atoms with Crippen molar-refractivity contribution in [2.24, 2.45) is 0 Å². The van der Waals surface area contributed by atoms with Gasteiger partial charge in [0, 0.05) is 6.42 Å². The monoisotopic (exact) mass is 352 g/mol. The zero-order valence-electron chi connectivity index (χ0n) is 15.6. The molecule has 2 aromatic carbocycles. The molecular weight excluding hydrogens is 324 g/mol. The number of aliphatic hydroxyl groups is 1. The van der Waals surface area contributed by atoms with E-state index in [1.54, 1.807) is 6.92 Å². The summed E-state index contributed by atoms with van der Waals surface area (Å²) in [5.41, 5.74) is -1.04. The topological polar surface area (TPSA) is 29.5 Å². The standard InChI is InChI=1S/C22H28O2Si/c1-6-17-22(5,23)18-24-25(21(2,3)4,19-13-9-7-10-14-19)20-15-11-8-12-16-20/h1,7-16,23H,17-18H2,2-5H3/t22-/m1/s1. The number of rotatable bonds is 6. The second-order valence-corrected chi connectivity index (χ2v) is 12.1. The molecule has 25 heavy (non-hydrogen) atoms. The van der Waals surface area contributed by atoms with Crippen LogP contribution in [0.1, 0.15) is 34.1 Å². The Morgan fingerprint density at radius 2 is 1.36 bits per heavy atom. The summed E-state index contributed by atoms with van der Waals surface area (Å²) < 4.78 is 6.68. The average Bonchev–Trinajstić information content (AvgIpc) is 2.56. The van der Waals surface area contributed by atoms with Gasteiger partial charge in [-0.2, -0.15) is 0 Å². The fourth-order valence-electron chi connectivity index (χ4n) is 3.30. The van der Waals surface area contributed by atoms with Crippen LogP contribution >= 0.6 is 0 Å². The maximum absolute atomic E-state index is 10.6. The molecule has 0 aliphatic heterocycles. The zero-order valence-corrected chi connectivity index (χ0v) is 16.6. The average molecular weight is 353 g/mol. The maximum Gasteiger partial charge on any atom is 0.261 e. The molecule has 0 unspecified atom stereocenters. The van der Waals surface area contributed by atoms with Crippen LogP contribution in [0.5, 0.6) is 0 Å². The van der Waals surface area contributed by atoms with E-state index in [0.717, 1.165) is 0 Å². The number of terminal acetylenes is 1. The van der Waals surface area contributed by atoms with Crippen molar-refractivity contribution < 1.29 is 9.53 Å². The summed E-state index contributed by atoms with van der Waals surface area (Å²) in [6.07, 6.45) is 5.68. The molecule has 0 spiro atoms. The molecular formula is C22H28O2Si. The lowest BCUT2D eigenvalue weighted by atomic mass is 10.1. The molecule has 2 nitrogen and oxygen atoms in total. The van der Waals surface area contributed by atoms with Crippen LogP contribution in [0.3, 0.4) is 0 Å². The van der Waals surface area contributed by atoms with E-state index in [1.807, 2.05) is 12.1 Å². The predicted octanol–water partition coefficient (Wildman–Crippen LogP) is 3.34. The van der Waals surface area contributed by atoms with E-state index in [4.69, 9.17) is 10.8 Å². The van der Waals surface area contributed by atoms with Crippen LogP contribution in [0.4, 0.5) is 0 Å². The van der Waals surface area contributed by atoms with Crippen molar-refractivity contribution in [3.05, 3.63) is 60.7 Å². The van der Waals surface area contributed by atoms with Gasteiger partial charge in [-0.15, -0.1) is 12.3 Å². The minimum Gasteiger partial charge on any atom is -0.404 e. The molecule has 0 aliphatic rings. The lowest BCUT2D eigenvalue weighted by Gasteiger charge is -2.44. The zero-order chi connectivity index (χ0) is 18.6.